The van der Waals surface area contributed by atoms with Crippen LogP contribution in [-0.2, 0) is 19.1 Å². The van der Waals surface area contributed by atoms with E-state index in [1.165, 1.54) is 6.92 Å². The van der Waals surface area contributed by atoms with Crippen LogP contribution in [0.15, 0.2) is 12.2 Å². The van der Waals surface area contributed by atoms with Gasteiger partial charge in [0.05, 0.1) is 0 Å². The van der Waals surface area contributed by atoms with Crippen LogP contribution in [0.2, 0.25) is 0 Å². The van der Waals surface area contributed by atoms with Crippen molar-refractivity contribution >= 4 is 17.9 Å². The molecule has 0 amide bonds. The van der Waals surface area contributed by atoms with Crippen LogP contribution in [0.3, 0.4) is 0 Å². The lowest BCUT2D eigenvalue weighted by Crippen LogP contribution is -2.34. The number of carboxylic acid groups (broad SMARTS) is 1. The lowest BCUT2D eigenvalue weighted by Gasteiger charge is -2.08. The number of esters is 2. The zero-order valence-electron chi connectivity index (χ0n) is 8.36. The van der Waals surface area contributed by atoms with Crippen LogP contribution in [0.4, 0.5) is 0 Å². The summed E-state index contributed by atoms with van der Waals surface area (Å²) in [4.78, 5) is 32.1. The fourth-order valence-corrected chi connectivity index (χ4v) is 0.651. The van der Waals surface area contributed by atoms with Gasteiger partial charge in [-0.1, -0.05) is 6.58 Å². The molecule has 6 heteroatoms. The molecule has 0 fully saturated rings. The zero-order chi connectivity index (χ0) is 12.0. The molecule has 0 aromatic rings. The van der Waals surface area contributed by atoms with Crippen molar-refractivity contribution in [1.29, 1.82) is 0 Å². The van der Waals surface area contributed by atoms with Crippen molar-refractivity contribution in [2.24, 2.45) is 5.73 Å². The first-order chi connectivity index (χ1) is 6.84. The van der Waals surface area contributed by atoms with E-state index in [9.17, 15) is 14.4 Å². The molecule has 0 aromatic carbocycles. The Morgan fingerprint density at radius 3 is 2.40 bits per heavy atom. The van der Waals surface area contributed by atoms with Gasteiger partial charge in [0.2, 0.25) is 0 Å². The summed E-state index contributed by atoms with van der Waals surface area (Å²) in [6, 6.07) is -1.11. The van der Waals surface area contributed by atoms with Gasteiger partial charge >= 0.3 is 17.9 Å². The van der Waals surface area contributed by atoms with Crippen LogP contribution in [0.5, 0.6) is 0 Å². The summed E-state index contributed by atoms with van der Waals surface area (Å²) in [5.41, 5.74) is 5.37. The SMILES string of the molecule is C=C(C)C(=O)OC(=O)[C@@H](N)CCC(=O)O. The highest BCUT2D eigenvalue weighted by molar-refractivity contribution is 5.96. The minimum atomic E-state index is -1.11. The van der Waals surface area contributed by atoms with E-state index < -0.39 is 23.9 Å². The topological polar surface area (TPSA) is 107 Å². The van der Waals surface area contributed by atoms with Crippen molar-refractivity contribution in [2.75, 3.05) is 0 Å². The molecule has 0 saturated heterocycles. The molecule has 0 aliphatic carbocycles. The number of nitrogens with two attached hydrogens (primary N) is 1. The van der Waals surface area contributed by atoms with E-state index in [2.05, 4.69) is 11.3 Å². The number of aliphatic carboxylic acids is 1. The summed E-state index contributed by atoms with van der Waals surface area (Å²) >= 11 is 0. The zero-order valence-corrected chi connectivity index (χ0v) is 8.36. The van der Waals surface area contributed by atoms with E-state index in [4.69, 9.17) is 10.8 Å². The Bertz CT molecular complexity index is 297. The van der Waals surface area contributed by atoms with Gasteiger partial charge in [-0.3, -0.25) is 4.79 Å². The van der Waals surface area contributed by atoms with Gasteiger partial charge < -0.3 is 15.6 Å². The molecule has 0 unspecified atom stereocenters. The largest absolute Gasteiger partial charge is 0.481 e. The quantitative estimate of drug-likeness (QED) is 0.374. The number of hydrogen-bond donors (Lipinski definition) is 2. The fourth-order valence-electron chi connectivity index (χ4n) is 0.651. The first-order valence-corrected chi connectivity index (χ1v) is 4.23. The Balaban J connectivity index is 4.04. The number of ether oxygens (including phenoxy) is 1. The third kappa shape index (κ3) is 5.58. The van der Waals surface area contributed by atoms with Gasteiger partial charge in [0.15, 0.2) is 0 Å². The smallest absolute Gasteiger partial charge is 0.340 e. The van der Waals surface area contributed by atoms with Crippen LogP contribution < -0.4 is 5.73 Å². The molecular weight excluding hydrogens is 202 g/mol. The molecule has 0 spiro atoms. The lowest BCUT2D eigenvalue weighted by atomic mass is 10.2. The molecule has 0 bridgehead atoms. The summed E-state index contributed by atoms with van der Waals surface area (Å²) in [7, 11) is 0. The summed E-state index contributed by atoms with van der Waals surface area (Å²) in [5, 5.41) is 8.33. The second-order valence-electron chi connectivity index (χ2n) is 3.03. The first-order valence-electron chi connectivity index (χ1n) is 4.23. The van der Waals surface area contributed by atoms with Crippen LogP contribution in [0.25, 0.3) is 0 Å². The number of carbonyl (C=O) groups is 3. The molecule has 0 rings (SSSR count). The second kappa shape index (κ2) is 5.92. The monoisotopic (exact) mass is 215 g/mol. The van der Waals surface area contributed by atoms with Crippen LogP contribution >= 0.6 is 0 Å². The standard InChI is InChI=1S/C9H13NO5/c1-5(2)8(13)15-9(14)6(10)3-4-7(11)12/h6H,1,3-4,10H2,2H3,(H,11,12)/t6-/m0/s1. The van der Waals surface area contributed by atoms with Gasteiger partial charge in [-0.15, -0.1) is 0 Å². The molecule has 0 aromatic heterocycles. The molecule has 0 radical (unpaired) electrons. The van der Waals surface area contributed by atoms with Gasteiger partial charge in [0.25, 0.3) is 0 Å². The third-order valence-electron chi connectivity index (χ3n) is 1.51. The molecule has 84 valence electrons. The summed E-state index contributed by atoms with van der Waals surface area (Å²) in [5.74, 6) is -2.86. The third-order valence-corrected chi connectivity index (χ3v) is 1.51. The van der Waals surface area contributed by atoms with Gasteiger partial charge in [0, 0.05) is 12.0 Å². The highest BCUT2D eigenvalue weighted by Gasteiger charge is 2.19. The molecule has 0 saturated carbocycles. The minimum Gasteiger partial charge on any atom is -0.481 e. The first kappa shape index (κ1) is 13.3. The Kier molecular flexibility index (Phi) is 5.25. The van der Waals surface area contributed by atoms with Crippen LogP contribution in [-0.4, -0.2) is 29.1 Å². The van der Waals surface area contributed by atoms with Crippen molar-refractivity contribution in [3.05, 3.63) is 12.2 Å². The molecule has 0 aliphatic heterocycles. The van der Waals surface area contributed by atoms with Crippen LogP contribution in [0, 0.1) is 0 Å². The van der Waals surface area contributed by atoms with Crippen molar-refractivity contribution in [3.8, 4) is 0 Å². The van der Waals surface area contributed by atoms with E-state index in [0.717, 1.165) is 0 Å². The minimum absolute atomic E-state index is 0.0718. The number of carboxylic acids is 1. The molecular formula is C9H13NO5. The molecule has 0 heterocycles. The number of hydrogen-bond acceptors (Lipinski definition) is 5. The average molecular weight is 215 g/mol. The highest BCUT2D eigenvalue weighted by atomic mass is 16.6. The maximum absolute atomic E-state index is 11.1. The van der Waals surface area contributed by atoms with Crippen molar-refractivity contribution in [3.63, 3.8) is 0 Å². The van der Waals surface area contributed by atoms with Crippen molar-refractivity contribution < 1.29 is 24.2 Å². The van der Waals surface area contributed by atoms with Crippen molar-refractivity contribution in [1.82, 2.24) is 0 Å². The van der Waals surface area contributed by atoms with Gasteiger partial charge in [-0.05, 0) is 13.3 Å². The van der Waals surface area contributed by atoms with E-state index in [1.54, 1.807) is 0 Å². The molecule has 6 nitrogen and oxygen atoms in total. The predicted octanol–water partition coefficient (Wildman–Crippen LogP) is -0.176. The second-order valence-corrected chi connectivity index (χ2v) is 3.03. The summed E-state index contributed by atoms with van der Waals surface area (Å²) < 4.78 is 4.31. The fraction of sp³-hybridized carbons (Fsp3) is 0.444. The van der Waals surface area contributed by atoms with Gasteiger partial charge in [-0.25, -0.2) is 9.59 Å². The molecule has 3 N–H and O–H groups in total. The predicted molar refractivity (Wildman–Crippen MR) is 50.8 cm³/mol. The maximum atomic E-state index is 11.1. The van der Waals surface area contributed by atoms with Crippen molar-refractivity contribution in [2.45, 2.75) is 25.8 Å². The van der Waals surface area contributed by atoms with E-state index in [0.29, 0.717) is 0 Å². The number of rotatable bonds is 5. The van der Waals surface area contributed by atoms with Gasteiger partial charge in [0.1, 0.15) is 6.04 Å². The maximum Gasteiger partial charge on any atom is 0.340 e. The molecule has 0 aliphatic rings. The Morgan fingerprint density at radius 2 is 2.00 bits per heavy atom. The Hall–Kier alpha value is -1.69. The van der Waals surface area contributed by atoms with Gasteiger partial charge in [-0.2, -0.15) is 0 Å². The molecule has 1 atom stereocenters. The summed E-state index contributed by atoms with van der Waals surface area (Å²) in [6.45, 7) is 4.67. The molecule has 15 heavy (non-hydrogen) atoms. The summed E-state index contributed by atoms with van der Waals surface area (Å²) in [6.07, 6.45) is -0.324. The van der Waals surface area contributed by atoms with Crippen LogP contribution in [0.1, 0.15) is 19.8 Å². The average Bonchev–Trinajstić information content (AvgIpc) is 2.13. The van der Waals surface area contributed by atoms with E-state index >= 15 is 0 Å². The normalized spacial score (nSPS) is 11.6. The number of carbonyl (C=O) groups excluding carboxylic acids is 2. The van der Waals surface area contributed by atoms with E-state index in [-0.39, 0.29) is 18.4 Å². The lowest BCUT2D eigenvalue weighted by molar-refractivity contribution is -0.158. The Labute approximate surface area is 86.7 Å². The Morgan fingerprint density at radius 1 is 1.47 bits per heavy atom. The van der Waals surface area contributed by atoms with E-state index in [1.807, 2.05) is 0 Å². The highest BCUT2D eigenvalue weighted by Crippen LogP contribution is 2.00.